The Kier molecular flexibility index (Phi) is 8.22. The van der Waals surface area contributed by atoms with Crippen molar-refractivity contribution in [2.45, 2.75) is 0 Å². The zero-order valence-electron chi connectivity index (χ0n) is 33.7. The predicted molar refractivity (Wildman–Crippen MR) is 267 cm³/mol. The zero-order chi connectivity index (χ0) is 41.4. The number of hydrogen-bond donors (Lipinski definition) is 0. The Morgan fingerprint density at radius 1 is 0.302 bits per heavy atom. The minimum atomic E-state index is 0.615. The molecule has 0 fully saturated rings. The van der Waals surface area contributed by atoms with Crippen molar-refractivity contribution >= 4 is 84.8 Å². The molecule has 0 N–H and O–H groups in total. The lowest BCUT2D eigenvalue weighted by molar-refractivity contribution is 1.07. The lowest BCUT2D eigenvalue weighted by Gasteiger charge is -2.17. The highest BCUT2D eigenvalue weighted by Gasteiger charge is 2.21. The van der Waals surface area contributed by atoms with Gasteiger partial charge in [-0.2, -0.15) is 0 Å². The minimum Gasteiger partial charge on any atom is -0.309 e. The molecule has 0 aliphatic heterocycles. The van der Waals surface area contributed by atoms with Crippen LogP contribution in [0.2, 0.25) is 0 Å². The summed E-state index contributed by atoms with van der Waals surface area (Å²) in [5, 5.41) is 7.54. The van der Waals surface area contributed by atoms with Crippen LogP contribution in [0.4, 0.5) is 0 Å². The van der Waals surface area contributed by atoms with Gasteiger partial charge in [0.2, 0.25) is 0 Å². The van der Waals surface area contributed by atoms with Crippen molar-refractivity contribution in [2.75, 3.05) is 0 Å². The zero-order valence-corrected chi connectivity index (χ0v) is 35.4. The Morgan fingerprint density at radius 3 is 1.41 bits per heavy atom. The Bertz CT molecular complexity index is 3880. The van der Waals surface area contributed by atoms with Crippen LogP contribution in [0, 0.1) is 0 Å². The second-order valence-corrected chi connectivity index (χ2v) is 18.0. The van der Waals surface area contributed by atoms with Gasteiger partial charge in [0, 0.05) is 78.9 Å². The van der Waals surface area contributed by atoms with Gasteiger partial charge in [-0.05, 0) is 47.5 Å². The molecular formula is C57H34N4S2. The van der Waals surface area contributed by atoms with Crippen LogP contribution in [0.15, 0.2) is 206 Å². The maximum absolute atomic E-state index is 5.33. The van der Waals surface area contributed by atoms with E-state index in [-0.39, 0.29) is 0 Å². The average molecular weight is 839 g/mol. The van der Waals surface area contributed by atoms with Gasteiger partial charge in [-0.25, -0.2) is 15.0 Å². The van der Waals surface area contributed by atoms with E-state index in [0.717, 1.165) is 44.5 Å². The van der Waals surface area contributed by atoms with E-state index in [4.69, 9.17) is 15.0 Å². The average Bonchev–Trinajstić information content (AvgIpc) is 4.04. The maximum atomic E-state index is 5.33. The van der Waals surface area contributed by atoms with Crippen LogP contribution >= 0.6 is 22.7 Å². The van der Waals surface area contributed by atoms with Gasteiger partial charge in [0.05, 0.1) is 16.7 Å². The smallest absolute Gasteiger partial charge is 0.164 e. The standard InChI is InChI=1S/C57H34N4S2/c1-2-15-35(16-3-1)55-58-56(37-18-12-17-36(33-37)39-23-13-25-46-43-21-6-10-29-51(43)62-53(39)46)60-57(59-55)38-31-32-42(45-24-14-26-47-44-22-7-11-30-52(44)63-54(45)47)50(34-38)61-48-27-8-4-19-40(48)41-20-5-9-28-49(41)61/h1-34H. The first-order valence-electron chi connectivity index (χ1n) is 21.1. The maximum Gasteiger partial charge on any atom is 0.164 e. The van der Waals surface area contributed by atoms with Crippen molar-refractivity contribution in [1.82, 2.24) is 19.5 Å². The number of benzene rings is 9. The molecule has 6 heteroatoms. The molecule has 0 aliphatic rings. The first-order valence-corrected chi connectivity index (χ1v) is 22.7. The summed E-state index contributed by atoms with van der Waals surface area (Å²) in [6.07, 6.45) is 0. The number of hydrogen-bond acceptors (Lipinski definition) is 5. The van der Waals surface area contributed by atoms with E-state index in [1.807, 2.05) is 40.9 Å². The molecule has 0 unspecified atom stereocenters. The minimum absolute atomic E-state index is 0.615. The van der Waals surface area contributed by atoms with E-state index in [1.54, 1.807) is 0 Å². The molecule has 4 aromatic heterocycles. The molecule has 294 valence electrons. The summed E-state index contributed by atoms with van der Waals surface area (Å²) >= 11 is 3.70. The highest BCUT2D eigenvalue weighted by Crippen LogP contribution is 2.45. The summed E-state index contributed by atoms with van der Waals surface area (Å²) in [7, 11) is 0. The highest BCUT2D eigenvalue weighted by atomic mass is 32.1. The number of para-hydroxylation sites is 2. The van der Waals surface area contributed by atoms with Gasteiger partial charge >= 0.3 is 0 Å². The molecular weight excluding hydrogens is 805 g/mol. The number of fused-ring (bicyclic) bond motifs is 9. The molecule has 4 heterocycles. The van der Waals surface area contributed by atoms with Crippen molar-refractivity contribution in [3.8, 4) is 62.1 Å². The van der Waals surface area contributed by atoms with Crippen LogP contribution in [0.5, 0.6) is 0 Å². The van der Waals surface area contributed by atoms with E-state index in [1.165, 1.54) is 62.2 Å². The summed E-state index contributed by atoms with van der Waals surface area (Å²) in [4.78, 5) is 15.8. The Labute approximate surface area is 370 Å². The Hall–Kier alpha value is -7.77. The first-order chi connectivity index (χ1) is 31.2. The SMILES string of the molecule is c1ccc(-c2nc(-c3cccc(-c4cccc5c4sc4ccccc45)c3)nc(-c3ccc(-c4cccc5c4sc4ccccc45)c(-n4c5ccccc5c5ccccc54)c3)n2)cc1. The monoisotopic (exact) mass is 838 g/mol. The first kappa shape index (κ1) is 35.9. The van der Waals surface area contributed by atoms with Crippen LogP contribution in [0.25, 0.3) is 124 Å². The fourth-order valence-corrected chi connectivity index (χ4v) is 11.8. The number of nitrogens with zero attached hydrogens (tertiary/aromatic N) is 4. The molecule has 63 heavy (non-hydrogen) atoms. The molecule has 13 aromatic rings. The van der Waals surface area contributed by atoms with Crippen molar-refractivity contribution in [3.05, 3.63) is 206 Å². The van der Waals surface area contributed by atoms with E-state index in [9.17, 15) is 0 Å². The van der Waals surface area contributed by atoms with Gasteiger partial charge in [0.15, 0.2) is 17.5 Å². The van der Waals surface area contributed by atoms with Crippen LogP contribution in [-0.2, 0) is 0 Å². The second-order valence-electron chi connectivity index (χ2n) is 15.9. The lowest BCUT2D eigenvalue weighted by Crippen LogP contribution is -2.02. The largest absolute Gasteiger partial charge is 0.309 e. The van der Waals surface area contributed by atoms with Gasteiger partial charge in [0.1, 0.15) is 0 Å². The summed E-state index contributed by atoms with van der Waals surface area (Å²) in [5.41, 5.74) is 10.8. The third kappa shape index (κ3) is 5.83. The van der Waals surface area contributed by atoms with Crippen LogP contribution in [0.3, 0.4) is 0 Å². The molecule has 4 nitrogen and oxygen atoms in total. The van der Waals surface area contributed by atoms with Crippen molar-refractivity contribution < 1.29 is 0 Å². The van der Waals surface area contributed by atoms with Crippen LogP contribution < -0.4 is 0 Å². The van der Waals surface area contributed by atoms with E-state index in [2.05, 4.69) is 193 Å². The van der Waals surface area contributed by atoms with E-state index in [0.29, 0.717) is 17.5 Å². The number of rotatable bonds is 6. The quantitative estimate of drug-likeness (QED) is 0.168. The van der Waals surface area contributed by atoms with E-state index >= 15 is 0 Å². The Morgan fingerprint density at radius 2 is 0.762 bits per heavy atom. The molecule has 0 bridgehead atoms. The molecule has 0 amide bonds. The topological polar surface area (TPSA) is 43.6 Å². The van der Waals surface area contributed by atoms with Gasteiger partial charge in [-0.3, -0.25) is 0 Å². The Balaban J connectivity index is 1.04. The van der Waals surface area contributed by atoms with Crippen LogP contribution in [0.1, 0.15) is 0 Å². The highest BCUT2D eigenvalue weighted by molar-refractivity contribution is 7.26. The molecule has 13 rings (SSSR count). The molecule has 0 saturated carbocycles. The predicted octanol–water partition coefficient (Wildman–Crippen LogP) is 16.0. The molecule has 0 radical (unpaired) electrons. The fraction of sp³-hybridized carbons (Fsp3) is 0. The van der Waals surface area contributed by atoms with Crippen molar-refractivity contribution in [3.63, 3.8) is 0 Å². The lowest BCUT2D eigenvalue weighted by atomic mass is 9.98. The number of thiophene rings is 2. The normalized spacial score (nSPS) is 11.8. The summed E-state index contributed by atoms with van der Waals surface area (Å²) in [5.74, 6) is 1.87. The van der Waals surface area contributed by atoms with Crippen molar-refractivity contribution in [2.24, 2.45) is 0 Å². The molecule has 9 aromatic carbocycles. The van der Waals surface area contributed by atoms with Gasteiger partial charge in [-0.15, -0.1) is 22.7 Å². The summed E-state index contributed by atoms with van der Waals surface area (Å²) < 4.78 is 7.55. The van der Waals surface area contributed by atoms with E-state index < -0.39 is 0 Å². The third-order valence-electron chi connectivity index (χ3n) is 12.3. The van der Waals surface area contributed by atoms with Gasteiger partial charge in [0.25, 0.3) is 0 Å². The second kappa shape index (κ2) is 14.4. The molecule has 0 spiro atoms. The molecule has 0 saturated heterocycles. The molecule has 0 aliphatic carbocycles. The van der Waals surface area contributed by atoms with Crippen molar-refractivity contribution in [1.29, 1.82) is 0 Å². The van der Waals surface area contributed by atoms with Crippen LogP contribution in [-0.4, -0.2) is 19.5 Å². The van der Waals surface area contributed by atoms with Gasteiger partial charge in [-0.1, -0.05) is 170 Å². The number of aromatic nitrogens is 4. The summed E-state index contributed by atoms with van der Waals surface area (Å²) in [6.45, 7) is 0. The summed E-state index contributed by atoms with van der Waals surface area (Å²) in [6, 6.07) is 73.8. The fourth-order valence-electron chi connectivity index (χ4n) is 9.38. The van der Waals surface area contributed by atoms with Gasteiger partial charge < -0.3 is 4.57 Å². The molecule has 0 atom stereocenters. The third-order valence-corrected chi connectivity index (χ3v) is 14.7.